The second kappa shape index (κ2) is 18.0. The number of halogens is 20. The van der Waals surface area contributed by atoms with Crippen molar-refractivity contribution in [3.05, 3.63) is 192 Å². The second-order valence-corrected chi connectivity index (χ2v) is 12.9. The van der Waals surface area contributed by atoms with Crippen LogP contribution >= 0.6 is 0 Å². The highest BCUT2D eigenvalue weighted by Crippen LogP contribution is 2.30. The Morgan fingerprint density at radius 2 is 0.688 bits per heavy atom. The summed E-state index contributed by atoms with van der Waals surface area (Å²) in [5.74, 6) is -71.9. The Labute approximate surface area is 341 Å². The Hall–Kier alpha value is -7.02. The van der Waals surface area contributed by atoms with E-state index in [0.717, 1.165) is 5.56 Å². The molecule has 5 nitrogen and oxygen atoms in total. The van der Waals surface area contributed by atoms with Crippen molar-refractivity contribution < 1.29 is 102 Å². The number of hydrogen-bond donors (Lipinski definition) is 0. The lowest BCUT2D eigenvalue weighted by molar-refractivity contribution is -0.690. The lowest BCUT2D eigenvalue weighted by Gasteiger charge is -2.44. The van der Waals surface area contributed by atoms with Gasteiger partial charge < -0.3 is 0 Å². The highest BCUT2D eigenvalue weighted by molar-refractivity contribution is 7.20. The zero-order valence-electron chi connectivity index (χ0n) is 30.4. The number of carbonyl (C=O) groups is 1. The summed E-state index contributed by atoms with van der Waals surface area (Å²) in [4.78, 5) is 21.6. The van der Waals surface area contributed by atoms with Gasteiger partial charge in [0, 0.05) is 22.6 Å². The third-order valence-corrected chi connectivity index (χ3v) is 9.40. The van der Waals surface area contributed by atoms with Crippen LogP contribution in [0.3, 0.4) is 0 Å². The first-order chi connectivity index (χ1) is 29.9. The van der Waals surface area contributed by atoms with Crippen LogP contribution < -0.4 is 26.4 Å². The number of nitro groups is 1. The Kier molecular flexibility index (Phi) is 13.5. The van der Waals surface area contributed by atoms with Gasteiger partial charge in [-0.1, -0.05) is 30.3 Å². The zero-order valence-corrected chi connectivity index (χ0v) is 30.4. The predicted octanol–water partition coefficient (Wildman–Crippen LogP) is 7.33. The maximum absolute atomic E-state index is 15.4. The standard InChI is InChI=1S/C24BF20.C14H13N2O3/c26-5-1(6(27)14(35)21(42)13(5)34)25(2-7(28)15(36)22(43)16(37)8(2)29,3-9(30)17(38)23(44)18(39)10(3)31)4-11(32)19(40)24(45)20(41)12(4)33;17-14(11-16(18)19)13-8-4-5-9-15(13)10-12-6-2-1-3-7-12/h;1-9H,10-11H2/q-1;+1. The van der Waals surface area contributed by atoms with E-state index in [2.05, 4.69) is 0 Å². The lowest BCUT2D eigenvalue weighted by Crippen LogP contribution is -2.81. The van der Waals surface area contributed by atoms with Crippen LogP contribution in [0.25, 0.3) is 0 Å². The molecule has 6 aromatic rings. The van der Waals surface area contributed by atoms with Crippen molar-refractivity contribution in [1.82, 2.24) is 0 Å². The van der Waals surface area contributed by atoms with Gasteiger partial charge in [-0.25, -0.2) is 87.8 Å². The summed E-state index contributed by atoms with van der Waals surface area (Å²) in [6.45, 7) is -0.167. The molecule has 64 heavy (non-hydrogen) atoms. The van der Waals surface area contributed by atoms with Gasteiger partial charge in [0.15, 0.2) is 82.5 Å². The molecule has 0 radical (unpaired) electrons. The molecule has 0 N–H and O–H groups in total. The molecule has 336 valence electrons. The topological polar surface area (TPSA) is 64.1 Å². The zero-order chi connectivity index (χ0) is 48.0. The van der Waals surface area contributed by atoms with Gasteiger partial charge in [0.05, 0.1) is 0 Å². The maximum atomic E-state index is 15.4. The fraction of sp³-hybridized carbons (Fsp3) is 0.0526. The van der Waals surface area contributed by atoms with Crippen molar-refractivity contribution in [2.24, 2.45) is 0 Å². The van der Waals surface area contributed by atoms with Crippen LogP contribution in [0, 0.1) is 126 Å². The van der Waals surface area contributed by atoms with E-state index in [4.69, 9.17) is 0 Å². The number of nitrogens with zero attached hydrogens (tertiary/aromatic N) is 2. The maximum Gasteiger partial charge on any atom is 0.296 e. The molecule has 0 fully saturated rings. The molecule has 26 heteroatoms. The molecule has 1 heterocycles. The van der Waals surface area contributed by atoms with Crippen molar-refractivity contribution in [2.45, 2.75) is 6.54 Å². The van der Waals surface area contributed by atoms with Crippen LogP contribution in [0.1, 0.15) is 16.1 Å². The van der Waals surface area contributed by atoms with E-state index in [1.807, 2.05) is 30.3 Å². The summed E-state index contributed by atoms with van der Waals surface area (Å²) in [7, 11) is 0. The van der Waals surface area contributed by atoms with Crippen molar-refractivity contribution in [1.29, 1.82) is 0 Å². The number of carbonyl (C=O) groups excluding carboxylic acids is 1. The van der Waals surface area contributed by atoms with Gasteiger partial charge in [-0.2, -0.15) is 4.57 Å². The van der Waals surface area contributed by atoms with Crippen molar-refractivity contribution >= 4 is 33.8 Å². The van der Waals surface area contributed by atoms with Crippen LogP contribution in [-0.2, 0) is 6.54 Å². The fourth-order valence-electron chi connectivity index (χ4n) is 6.72. The molecule has 0 unspecified atom stereocenters. The minimum atomic E-state index is -7.22. The molecule has 6 rings (SSSR count). The highest BCUT2D eigenvalue weighted by Gasteiger charge is 2.52. The van der Waals surface area contributed by atoms with E-state index in [1.165, 1.54) is 0 Å². The van der Waals surface area contributed by atoms with Crippen LogP contribution in [0.2, 0.25) is 0 Å². The number of ketones is 1. The smallest absolute Gasteiger partial charge is 0.280 e. The number of rotatable bonds is 9. The van der Waals surface area contributed by atoms with Gasteiger partial charge in [-0.3, -0.25) is 14.9 Å². The summed E-state index contributed by atoms with van der Waals surface area (Å²) in [6, 6.07) is 14.7. The van der Waals surface area contributed by atoms with Gasteiger partial charge in [-0.15, -0.1) is 21.9 Å². The SMILES string of the molecule is Fc1c(F)c(F)c([B-](c2c(F)c(F)c(F)c(F)c2F)(c2c(F)c(F)c(F)c(F)c2F)c2c(F)c(F)c(F)c(F)c2F)c(F)c1F.O=C(C[N+](=O)[O-])c1cccc[n+]1Cc1ccccc1. The van der Waals surface area contributed by atoms with E-state index in [0.29, 0.717) is 12.2 Å². The first kappa shape index (κ1) is 48.0. The molecule has 0 aliphatic carbocycles. The molecular formula is C38H13BF20N2O3. The monoisotopic (exact) mass is 936 g/mol. The molecule has 0 saturated heterocycles. The van der Waals surface area contributed by atoms with Gasteiger partial charge in [0.1, 0.15) is 52.7 Å². The molecular weight excluding hydrogens is 923 g/mol. The number of hydrogen-bond acceptors (Lipinski definition) is 3. The molecule has 5 aromatic carbocycles. The second-order valence-electron chi connectivity index (χ2n) is 12.9. The minimum Gasteiger partial charge on any atom is -0.280 e. The Balaban J connectivity index is 0.000000337. The van der Waals surface area contributed by atoms with Gasteiger partial charge in [0.25, 0.3) is 18.0 Å². The molecule has 0 aliphatic rings. The van der Waals surface area contributed by atoms with Crippen molar-refractivity contribution in [3.8, 4) is 0 Å². The number of aromatic nitrogens is 1. The Bertz CT molecular complexity index is 2520. The van der Waals surface area contributed by atoms with Crippen LogP contribution in [-0.4, -0.2) is 23.4 Å². The van der Waals surface area contributed by atoms with Crippen LogP contribution in [0.5, 0.6) is 0 Å². The van der Waals surface area contributed by atoms with E-state index >= 15 is 35.1 Å². The molecule has 0 amide bonds. The molecule has 0 spiro atoms. The molecule has 0 aliphatic heterocycles. The van der Waals surface area contributed by atoms with Crippen LogP contribution in [0.4, 0.5) is 87.8 Å². The molecule has 0 atom stereocenters. The Morgan fingerprint density at radius 3 is 0.969 bits per heavy atom. The fourth-order valence-corrected chi connectivity index (χ4v) is 6.72. The molecule has 0 bridgehead atoms. The first-order valence-corrected chi connectivity index (χ1v) is 16.8. The third-order valence-electron chi connectivity index (χ3n) is 9.40. The van der Waals surface area contributed by atoms with E-state index in [1.54, 1.807) is 29.0 Å². The summed E-state index contributed by atoms with van der Waals surface area (Å²) in [5, 5.41) is 10.4. The van der Waals surface area contributed by atoms with Gasteiger partial charge in [0.2, 0.25) is 0 Å². The average molecular weight is 936 g/mol. The normalized spacial score (nSPS) is 11.4. The molecule has 1 aromatic heterocycles. The average Bonchev–Trinajstić information content (AvgIpc) is 3.26. The van der Waals surface area contributed by atoms with E-state index in [-0.39, 0.29) is 0 Å². The Morgan fingerprint density at radius 1 is 0.422 bits per heavy atom. The quantitative estimate of drug-likeness (QED) is 0.0223. The summed E-state index contributed by atoms with van der Waals surface area (Å²) < 4.78 is 296. The lowest BCUT2D eigenvalue weighted by atomic mass is 9.12. The van der Waals surface area contributed by atoms with Gasteiger partial charge in [-0.05, 0) is 6.07 Å². The number of Topliss-reactive ketones (excluding diaryl/α,β-unsaturated/α-hetero) is 1. The number of benzene rings is 5. The largest absolute Gasteiger partial charge is 0.296 e. The number of pyridine rings is 1. The van der Waals surface area contributed by atoms with E-state index < -0.39 is 162 Å². The highest BCUT2D eigenvalue weighted by atomic mass is 19.2. The summed E-state index contributed by atoms with van der Waals surface area (Å²) in [5.41, 5.74) is -12.9. The van der Waals surface area contributed by atoms with E-state index in [9.17, 15) is 67.6 Å². The van der Waals surface area contributed by atoms with Crippen molar-refractivity contribution in [3.63, 3.8) is 0 Å². The summed E-state index contributed by atoms with van der Waals surface area (Å²) in [6.07, 6.45) is -5.47. The minimum absolute atomic E-state index is 0.350. The first-order valence-electron chi connectivity index (χ1n) is 16.8. The van der Waals surface area contributed by atoms with Crippen LogP contribution in [0.15, 0.2) is 54.7 Å². The third kappa shape index (κ3) is 7.73. The molecule has 0 saturated carbocycles. The van der Waals surface area contributed by atoms with Crippen molar-refractivity contribution in [2.75, 3.05) is 6.54 Å². The predicted molar refractivity (Wildman–Crippen MR) is 178 cm³/mol. The van der Waals surface area contributed by atoms with Gasteiger partial charge >= 0.3 is 0 Å². The summed E-state index contributed by atoms with van der Waals surface area (Å²) >= 11 is 0.